The number of likely N-dealkylation sites (N-methyl/N-ethyl adjacent to an activating group) is 1. The van der Waals surface area contributed by atoms with Crippen LogP contribution in [-0.4, -0.2) is 70.4 Å². The third kappa shape index (κ3) is 5.89. The van der Waals surface area contributed by atoms with E-state index in [1.54, 1.807) is 23.8 Å². The van der Waals surface area contributed by atoms with E-state index in [4.69, 9.17) is 23.7 Å². The van der Waals surface area contributed by atoms with E-state index in [0.717, 1.165) is 58.9 Å². The van der Waals surface area contributed by atoms with Crippen molar-refractivity contribution in [1.29, 1.82) is 0 Å². The van der Waals surface area contributed by atoms with Crippen LogP contribution < -0.4 is 19.1 Å². The molecule has 0 spiro atoms. The Bertz CT molecular complexity index is 1220. The van der Waals surface area contributed by atoms with Crippen molar-refractivity contribution in [3.63, 3.8) is 0 Å². The van der Waals surface area contributed by atoms with Gasteiger partial charge in [-0.2, -0.15) is 0 Å². The Kier molecular flexibility index (Phi) is 8.34. The maximum absolute atomic E-state index is 13.3. The first kappa shape index (κ1) is 26.3. The molecule has 0 bridgehead atoms. The van der Waals surface area contributed by atoms with Gasteiger partial charge in [-0.1, -0.05) is 12.1 Å². The van der Waals surface area contributed by atoms with Crippen molar-refractivity contribution in [3.8, 4) is 17.2 Å². The topological polar surface area (TPSA) is 69.7 Å². The van der Waals surface area contributed by atoms with Crippen LogP contribution >= 0.6 is 11.8 Å². The number of methoxy groups -OCH3 is 1. The van der Waals surface area contributed by atoms with E-state index in [1.807, 2.05) is 55.6 Å². The third-order valence-corrected chi connectivity index (χ3v) is 8.32. The van der Waals surface area contributed by atoms with Crippen LogP contribution in [0.4, 0.5) is 5.69 Å². The molecule has 8 nitrogen and oxygen atoms in total. The van der Waals surface area contributed by atoms with Crippen LogP contribution in [0.15, 0.2) is 71.0 Å². The Hall–Kier alpha value is -3.30. The van der Waals surface area contributed by atoms with Crippen molar-refractivity contribution in [2.24, 2.45) is 5.92 Å². The lowest BCUT2D eigenvalue weighted by Crippen LogP contribution is -2.43. The molecule has 0 saturated heterocycles. The van der Waals surface area contributed by atoms with E-state index in [1.165, 1.54) is 0 Å². The summed E-state index contributed by atoms with van der Waals surface area (Å²) in [5, 5.41) is -0.268. The molecular formula is C29H34N2O6S. The normalized spacial score (nSPS) is 20.1. The first-order chi connectivity index (χ1) is 18.5. The predicted octanol–water partition coefficient (Wildman–Crippen LogP) is 4.70. The van der Waals surface area contributed by atoms with Gasteiger partial charge in [-0.3, -0.25) is 4.79 Å². The Morgan fingerprint density at radius 2 is 1.89 bits per heavy atom. The quantitative estimate of drug-likeness (QED) is 0.381. The average molecular weight is 539 g/mol. The highest BCUT2D eigenvalue weighted by Gasteiger charge is 2.40. The van der Waals surface area contributed by atoms with E-state index >= 15 is 0 Å². The van der Waals surface area contributed by atoms with Gasteiger partial charge in [0, 0.05) is 43.4 Å². The molecule has 0 N–H and O–H groups in total. The second-order valence-corrected chi connectivity index (χ2v) is 10.7. The van der Waals surface area contributed by atoms with Gasteiger partial charge in [0.05, 0.1) is 30.4 Å². The molecule has 0 fully saturated rings. The Morgan fingerprint density at radius 3 is 2.76 bits per heavy atom. The number of hydrogen-bond acceptors (Lipinski definition) is 8. The van der Waals surface area contributed by atoms with Crippen LogP contribution in [0.2, 0.25) is 0 Å². The lowest BCUT2D eigenvalue weighted by molar-refractivity contribution is -0.118. The minimum absolute atomic E-state index is 0.0870. The van der Waals surface area contributed by atoms with Gasteiger partial charge in [0.25, 0.3) is 0 Å². The zero-order valence-electron chi connectivity index (χ0n) is 22.1. The highest BCUT2D eigenvalue weighted by atomic mass is 32.2. The van der Waals surface area contributed by atoms with Crippen molar-refractivity contribution in [2.75, 3.05) is 59.2 Å². The van der Waals surface area contributed by atoms with E-state index in [-0.39, 0.29) is 23.9 Å². The number of carbonyl (C=O) groups excluding carboxylic acids is 1. The SMILES string of the molecule is COC1=CC=C(OCCCN(C)CCOc2ccc3c(c2)OCO3)C([C@H]2Sc3ccccc3N(C)C2=O)C1. The molecule has 1 amide bonds. The molecule has 2 heterocycles. The van der Waals surface area contributed by atoms with Gasteiger partial charge < -0.3 is 33.5 Å². The second-order valence-electron chi connectivity index (χ2n) is 9.49. The summed E-state index contributed by atoms with van der Waals surface area (Å²) in [7, 11) is 5.59. The molecule has 1 unspecified atom stereocenters. The smallest absolute Gasteiger partial charge is 0.241 e. The Labute approximate surface area is 228 Å². The van der Waals surface area contributed by atoms with Gasteiger partial charge in [0.2, 0.25) is 12.7 Å². The zero-order valence-corrected chi connectivity index (χ0v) is 22.9. The third-order valence-electron chi connectivity index (χ3n) is 6.94. The predicted molar refractivity (Wildman–Crippen MR) is 147 cm³/mol. The number of amides is 1. The molecule has 202 valence electrons. The molecule has 0 radical (unpaired) electrons. The zero-order chi connectivity index (χ0) is 26.5. The van der Waals surface area contributed by atoms with Crippen LogP contribution in [0, 0.1) is 5.92 Å². The number of ether oxygens (including phenoxy) is 5. The summed E-state index contributed by atoms with van der Waals surface area (Å²) in [5.41, 5.74) is 0.953. The van der Waals surface area contributed by atoms with Crippen LogP contribution in [0.1, 0.15) is 12.8 Å². The van der Waals surface area contributed by atoms with Crippen molar-refractivity contribution >= 4 is 23.4 Å². The molecule has 3 aliphatic rings. The van der Waals surface area contributed by atoms with Gasteiger partial charge >= 0.3 is 0 Å². The van der Waals surface area contributed by atoms with Gasteiger partial charge in [0.15, 0.2) is 11.5 Å². The van der Waals surface area contributed by atoms with Crippen LogP contribution in [0.25, 0.3) is 0 Å². The van der Waals surface area contributed by atoms with E-state index < -0.39 is 0 Å². The Balaban J connectivity index is 1.11. The van der Waals surface area contributed by atoms with E-state index in [9.17, 15) is 4.79 Å². The van der Waals surface area contributed by atoms with Crippen molar-refractivity contribution in [3.05, 3.63) is 66.1 Å². The summed E-state index contributed by atoms with van der Waals surface area (Å²) in [6, 6.07) is 13.7. The average Bonchev–Trinajstić information content (AvgIpc) is 3.41. The van der Waals surface area contributed by atoms with Crippen LogP contribution in [0.5, 0.6) is 17.2 Å². The molecule has 1 aliphatic carbocycles. The molecule has 0 aromatic heterocycles. The summed E-state index contributed by atoms with van der Waals surface area (Å²) in [6.07, 6.45) is 5.41. The molecule has 2 aromatic rings. The number of fused-ring (bicyclic) bond motifs is 2. The number of anilines is 1. The van der Waals surface area contributed by atoms with Gasteiger partial charge in [-0.25, -0.2) is 0 Å². The summed E-state index contributed by atoms with van der Waals surface area (Å²) in [4.78, 5) is 18.4. The highest BCUT2D eigenvalue weighted by Crippen LogP contribution is 2.45. The highest BCUT2D eigenvalue weighted by molar-refractivity contribution is 8.01. The van der Waals surface area contributed by atoms with Crippen molar-refractivity contribution in [2.45, 2.75) is 23.0 Å². The largest absolute Gasteiger partial charge is 0.501 e. The number of allylic oxidation sites excluding steroid dienone is 4. The summed E-state index contributed by atoms with van der Waals surface area (Å²) in [6.45, 7) is 3.06. The van der Waals surface area contributed by atoms with Crippen LogP contribution in [-0.2, 0) is 14.3 Å². The molecule has 2 atom stereocenters. The maximum Gasteiger partial charge on any atom is 0.241 e. The number of para-hydroxylation sites is 1. The summed E-state index contributed by atoms with van der Waals surface area (Å²) >= 11 is 1.62. The first-order valence-electron chi connectivity index (χ1n) is 12.9. The fraction of sp³-hybridized carbons (Fsp3) is 0.414. The molecule has 38 heavy (non-hydrogen) atoms. The lowest BCUT2D eigenvalue weighted by Gasteiger charge is -2.36. The fourth-order valence-electron chi connectivity index (χ4n) is 4.75. The number of thioether (sulfide) groups is 1. The summed E-state index contributed by atoms with van der Waals surface area (Å²) < 4.78 is 28.4. The van der Waals surface area contributed by atoms with Crippen molar-refractivity contribution < 1.29 is 28.5 Å². The minimum Gasteiger partial charge on any atom is -0.501 e. The second kappa shape index (κ2) is 12.0. The monoisotopic (exact) mass is 538 g/mol. The number of carbonyl (C=O) groups is 1. The lowest BCUT2D eigenvalue weighted by atomic mass is 9.92. The molecular weight excluding hydrogens is 504 g/mol. The van der Waals surface area contributed by atoms with Crippen molar-refractivity contribution in [1.82, 2.24) is 4.90 Å². The minimum atomic E-state index is -0.268. The number of hydrogen-bond donors (Lipinski definition) is 0. The standard InChI is InChI=1S/C29H34N2O6S/c1-30(14-16-34-21-10-12-25-26(18-21)37-19-36-25)13-6-15-35-24-11-9-20(33-3)17-22(24)28-29(32)31(2)23-7-4-5-8-27(23)38-28/h4-5,7-12,18,22,28H,6,13-17,19H2,1-3H3/t22?,28-/m1/s1. The molecule has 5 rings (SSSR count). The van der Waals surface area contributed by atoms with Gasteiger partial charge in [-0.15, -0.1) is 11.8 Å². The molecule has 0 saturated carbocycles. The number of nitrogens with zero attached hydrogens (tertiary/aromatic N) is 2. The van der Waals surface area contributed by atoms with Gasteiger partial charge in [-0.05, 0) is 49.9 Å². The first-order valence-corrected chi connectivity index (χ1v) is 13.7. The maximum atomic E-state index is 13.3. The van der Waals surface area contributed by atoms with E-state index in [0.29, 0.717) is 19.6 Å². The summed E-state index contributed by atoms with van der Waals surface area (Å²) in [5.74, 6) is 3.96. The molecule has 9 heteroatoms. The molecule has 2 aliphatic heterocycles. The van der Waals surface area contributed by atoms with E-state index in [2.05, 4.69) is 18.0 Å². The number of benzene rings is 2. The van der Waals surface area contributed by atoms with Crippen LogP contribution in [0.3, 0.4) is 0 Å². The number of rotatable bonds is 11. The Morgan fingerprint density at radius 1 is 1.05 bits per heavy atom. The van der Waals surface area contributed by atoms with Gasteiger partial charge in [0.1, 0.15) is 18.1 Å². The molecule has 2 aromatic carbocycles. The fourth-order valence-corrected chi connectivity index (χ4v) is 6.16.